The van der Waals surface area contributed by atoms with Crippen molar-refractivity contribution in [2.75, 3.05) is 0 Å². The Labute approximate surface area is 396 Å². The first kappa shape index (κ1) is 39.5. The summed E-state index contributed by atoms with van der Waals surface area (Å²) in [5.74, 6) is 1.83. The van der Waals surface area contributed by atoms with Crippen molar-refractivity contribution in [3.63, 3.8) is 0 Å². The van der Waals surface area contributed by atoms with E-state index < -0.39 is 0 Å². The molecule has 0 bridgehead atoms. The molecule has 2 heteroatoms. The Bertz CT molecular complexity index is 3900. The van der Waals surface area contributed by atoms with Gasteiger partial charge in [-0.05, 0) is 171 Å². The van der Waals surface area contributed by atoms with Crippen LogP contribution in [0.1, 0.15) is 74.9 Å². The predicted molar refractivity (Wildman–Crippen MR) is 286 cm³/mol. The van der Waals surface area contributed by atoms with Crippen LogP contribution in [0.4, 0.5) is 0 Å². The van der Waals surface area contributed by atoms with Crippen LogP contribution in [-0.2, 0) is 23.7 Å². The fourth-order valence-corrected chi connectivity index (χ4v) is 12.7. The minimum Gasteiger partial charge on any atom is -0.456 e. The van der Waals surface area contributed by atoms with E-state index in [1.807, 2.05) is 0 Å². The zero-order valence-corrected chi connectivity index (χ0v) is 39.4. The minimum absolute atomic E-state index is 0.250. The Balaban J connectivity index is 0.930. The molecule has 2 heterocycles. The van der Waals surface area contributed by atoms with Gasteiger partial charge in [0, 0.05) is 32.7 Å². The second-order valence-electron chi connectivity index (χ2n) is 20.5. The number of hydrogen-bond acceptors (Lipinski definition) is 2. The first-order chi connectivity index (χ1) is 33.1. The highest BCUT2D eigenvalue weighted by Crippen LogP contribution is 2.58. The largest absolute Gasteiger partial charge is 0.456 e. The third kappa shape index (κ3) is 5.29. The molecule has 0 unspecified atom stereocenters. The van der Waals surface area contributed by atoms with Crippen LogP contribution in [0, 0.1) is 0 Å². The predicted octanol–water partition coefficient (Wildman–Crippen LogP) is 18.5. The average Bonchev–Trinajstić information content (AvgIpc) is 4.12. The van der Waals surface area contributed by atoms with Crippen LogP contribution in [0.2, 0.25) is 0 Å². The molecule has 10 aromatic carbocycles. The summed E-state index contributed by atoms with van der Waals surface area (Å²) in [4.78, 5) is 0. The van der Waals surface area contributed by atoms with E-state index in [0.29, 0.717) is 0 Å². The lowest BCUT2D eigenvalue weighted by molar-refractivity contribution is 0.630. The third-order valence-corrected chi connectivity index (χ3v) is 16.2. The van der Waals surface area contributed by atoms with E-state index in [0.717, 1.165) is 57.4 Å². The Hall–Kier alpha value is -7.68. The Morgan fingerprint density at radius 2 is 0.691 bits per heavy atom. The van der Waals surface area contributed by atoms with Gasteiger partial charge in [0.2, 0.25) is 0 Å². The van der Waals surface area contributed by atoms with Crippen LogP contribution in [-0.4, -0.2) is 0 Å². The maximum atomic E-state index is 6.77. The molecule has 68 heavy (non-hydrogen) atoms. The van der Waals surface area contributed by atoms with E-state index in [2.05, 4.69) is 211 Å². The van der Waals surface area contributed by atoms with Gasteiger partial charge in [0.15, 0.2) is 0 Å². The second-order valence-corrected chi connectivity index (χ2v) is 20.5. The number of furan rings is 2. The fourth-order valence-electron chi connectivity index (χ4n) is 12.7. The van der Waals surface area contributed by atoms with Crippen LogP contribution in [0.5, 0.6) is 0 Å². The smallest absolute Gasteiger partial charge is 0.136 e. The first-order valence-electron chi connectivity index (χ1n) is 24.4. The van der Waals surface area contributed by atoms with Crippen molar-refractivity contribution < 1.29 is 8.83 Å². The van der Waals surface area contributed by atoms with Crippen molar-refractivity contribution >= 4 is 65.0 Å². The topological polar surface area (TPSA) is 26.3 Å². The van der Waals surface area contributed by atoms with Crippen LogP contribution in [0.25, 0.3) is 121 Å². The number of hydrogen-bond donors (Lipinski definition) is 0. The molecular weight excluding hydrogens is 825 g/mol. The third-order valence-electron chi connectivity index (χ3n) is 16.2. The average molecular weight is 875 g/mol. The highest BCUT2D eigenvalue weighted by atomic mass is 16.3. The van der Waals surface area contributed by atoms with Crippen molar-refractivity contribution in [1.82, 2.24) is 0 Å². The lowest BCUT2D eigenvalue weighted by Crippen LogP contribution is -2.16. The summed E-state index contributed by atoms with van der Waals surface area (Å²) >= 11 is 0. The monoisotopic (exact) mass is 874 g/mol. The molecule has 0 aliphatic heterocycles. The normalized spacial score (nSPS) is 14.4. The van der Waals surface area contributed by atoms with Crippen LogP contribution in [0.3, 0.4) is 0 Å². The lowest BCUT2D eigenvalue weighted by Gasteiger charge is -2.26. The molecule has 0 spiro atoms. The molecular formula is C66H50O2. The van der Waals surface area contributed by atoms with Gasteiger partial charge in [0.05, 0.1) is 0 Å². The SMILES string of the molecule is CCc1cc2c(cc1-c1cc3c(cc1CC)-c1c(cc(-c4cc5c(ccc6ccccc65)o4)c4ccccc14)C3(C)C)C(C)(C)c1cc(-c3cc4c(ccc5ccccc54)o3)c3ccccc3c1-2. The number of benzene rings is 10. The summed E-state index contributed by atoms with van der Waals surface area (Å²) in [5, 5.41) is 12.2. The fraction of sp³-hybridized carbons (Fsp3) is 0.152. The molecule has 0 amide bonds. The van der Waals surface area contributed by atoms with Crippen LogP contribution >= 0.6 is 0 Å². The van der Waals surface area contributed by atoms with Gasteiger partial charge in [-0.3, -0.25) is 0 Å². The van der Waals surface area contributed by atoms with Crippen molar-refractivity contribution in [3.8, 4) is 56.0 Å². The first-order valence-corrected chi connectivity index (χ1v) is 24.4. The Morgan fingerprint density at radius 3 is 1.10 bits per heavy atom. The van der Waals surface area contributed by atoms with Gasteiger partial charge in [-0.25, -0.2) is 0 Å². The molecule has 2 nitrogen and oxygen atoms in total. The quantitative estimate of drug-likeness (QED) is 0.172. The summed E-state index contributed by atoms with van der Waals surface area (Å²) in [5.41, 5.74) is 20.0. The Morgan fingerprint density at radius 1 is 0.324 bits per heavy atom. The van der Waals surface area contributed by atoms with Crippen LogP contribution in [0.15, 0.2) is 179 Å². The van der Waals surface area contributed by atoms with Gasteiger partial charge in [0.1, 0.15) is 22.7 Å². The number of fused-ring (bicyclic) bond motifs is 16. The van der Waals surface area contributed by atoms with Gasteiger partial charge in [-0.15, -0.1) is 0 Å². The van der Waals surface area contributed by atoms with Gasteiger partial charge in [0.25, 0.3) is 0 Å². The van der Waals surface area contributed by atoms with E-state index in [1.54, 1.807) is 0 Å². The second kappa shape index (κ2) is 13.9. The zero-order valence-electron chi connectivity index (χ0n) is 39.4. The highest BCUT2D eigenvalue weighted by molar-refractivity contribution is 6.14. The molecule has 0 saturated heterocycles. The van der Waals surface area contributed by atoms with Crippen molar-refractivity contribution in [3.05, 3.63) is 203 Å². The van der Waals surface area contributed by atoms with E-state index >= 15 is 0 Å². The summed E-state index contributed by atoms with van der Waals surface area (Å²) in [7, 11) is 0. The van der Waals surface area contributed by atoms with Gasteiger partial charge in [-0.1, -0.05) is 163 Å². The van der Waals surface area contributed by atoms with E-state index in [9.17, 15) is 0 Å². The number of aryl methyl sites for hydroxylation is 2. The van der Waals surface area contributed by atoms with Crippen molar-refractivity contribution in [2.45, 2.75) is 65.2 Å². The zero-order chi connectivity index (χ0) is 45.8. The minimum atomic E-state index is -0.250. The van der Waals surface area contributed by atoms with Gasteiger partial charge >= 0.3 is 0 Å². The molecule has 2 aromatic heterocycles. The lowest BCUT2D eigenvalue weighted by atomic mass is 9.78. The molecule has 0 N–H and O–H groups in total. The summed E-state index contributed by atoms with van der Waals surface area (Å²) < 4.78 is 13.5. The molecule has 12 aromatic rings. The molecule has 0 radical (unpaired) electrons. The van der Waals surface area contributed by atoms with E-state index in [1.165, 1.54) is 110 Å². The molecule has 14 rings (SSSR count). The molecule has 0 fully saturated rings. The summed E-state index contributed by atoms with van der Waals surface area (Å²) in [6.07, 6.45) is 1.87. The highest BCUT2D eigenvalue weighted by Gasteiger charge is 2.41. The van der Waals surface area contributed by atoms with Crippen molar-refractivity contribution in [1.29, 1.82) is 0 Å². The maximum absolute atomic E-state index is 6.77. The maximum Gasteiger partial charge on any atom is 0.136 e. The standard InChI is InChI=1S/C66H50O2/c1-7-37-29-53-55(65(3,4)57-33-49(43-21-13-15-23-45(43)63(53)57)61-35-51-41-19-11-9-17-39(41)25-27-59(51)67-61)31-47(37)48-32-56-54(30-38(48)8-2)64-46-24-16-14-22-44(46)50(34-58(64)66(56,5)6)62-36-52-42-20-12-10-18-40(42)26-28-60(52)68-62/h9-36H,7-8H2,1-6H3. The van der Waals surface area contributed by atoms with E-state index in [4.69, 9.17) is 8.83 Å². The van der Waals surface area contributed by atoms with Gasteiger partial charge in [-0.2, -0.15) is 0 Å². The molecule has 2 aliphatic rings. The van der Waals surface area contributed by atoms with Gasteiger partial charge < -0.3 is 8.83 Å². The number of rotatable bonds is 5. The Kier molecular flexibility index (Phi) is 8.09. The molecule has 0 atom stereocenters. The molecule has 326 valence electrons. The van der Waals surface area contributed by atoms with E-state index in [-0.39, 0.29) is 10.8 Å². The molecule has 0 saturated carbocycles. The summed E-state index contributed by atoms with van der Waals surface area (Å²) in [6.45, 7) is 14.3. The van der Waals surface area contributed by atoms with Crippen LogP contribution < -0.4 is 0 Å². The van der Waals surface area contributed by atoms with Crippen molar-refractivity contribution in [2.24, 2.45) is 0 Å². The molecule has 2 aliphatic carbocycles. The summed E-state index contributed by atoms with van der Waals surface area (Å²) in [6, 6.07) is 63.4.